The highest BCUT2D eigenvalue weighted by Crippen LogP contribution is 2.40. The molecular weight excluding hydrogens is 386 g/mol. The number of hydrogen-bond donors (Lipinski definition) is 2. The summed E-state index contributed by atoms with van der Waals surface area (Å²) in [4.78, 5) is 27.1. The number of amides is 1. The number of carbonyl (C=O) groups excluding carboxylic acids is 2. The zero-order valence-corrected chi connectivity index (χ0v) is 17.2. The average molecular weight is 411 g/mol. The maximum absolute atomic E-state index is 12.9. The van der Waals surface area contributed by atoms with Gasteiger partial charge >= 0.3 is 0 Å². The summed E-state index contributed by atoms with van der Waals surface area (Å²) >= 11 is 0. The van der Waals surface area contributed by atoms with Crippen molar-refractivity contribution in [1.82, 2.24) is 4.90 Å². The van der Waals surface area contributed by atoms with Gasteiger partial charge in [-0.05, 0) is 54.8 Å². The molecule has 0 bridgehead atoms. The van der Waals surface area contributed by atoms with Gasteiger partial charge in [0.2, 0.25) is 0 Å². The predicted octanol–water partition coefficient (Wildman–Crippen LogP) is 3.17. The van der Waals surface area contributed by atoms with Gasteiger partial charge in [-0.25, -0.2) is 0 Å². The molecule has 2 aromatic carbocycles. The first-order valence-corrected chi connectivity index (χ1v) is 9.60. The summed E-state index contributed by atoms with van der Waals surface area (Å²) in [5.41, 5.74) is 1.85. The minimum atomic E-state index is -0.759. The minimum absolute atomic E-state index is 0.0210. The number of carbonyl (C=O) groups is 2. The number of Topliss-reactive ketones (excluding diaryl/α,β-unsaturated/α-hetero) is 1. The van der Waals surface area contributed by atoms with E-state index in [0.29, 0.717) is 36.4 Å². The van der Waals surface area contributed by atoms with Gasteiger partial charge in [0.25, 0.3) is 11.7 Å². The summed E-state index contributed by atoms with van der Waals surface area (Å²) in [6, 6.07) is 10.6. The van der Waals surface area contributed by atoms with Crippen LogP contribution in [0.1, 0.15) is 29.2 Å². The summed E-state index contributed by atoms with van der Waals surface area (Å²) in [6.07, 6.45) is 0.541. The number of aliphatic hydroxyl groups excluding tert-OH is 1. The van der Waals surface area contributed by atoms with E-state index in [1.807, 2.05) is 6.92 Å². The van der Waals surface area contributed by atoms with E-state index in [1.54, 1.807) is 44.6 Å². The molecule has 1 aliphatic heterocycles. The third-order valence-electron chi connectivity index (χ3n) is 5.16. The monoisotopic (exact) mass is 411 g/mol. The van der Waals surface area contributed by atoms with Gasteiger partial charge < -0.3 is 24.6 Å². The van der Waals surface area contributed by atoms with Gasteiger partial charge in [0.05, 0.1) is 18.7 Å². The van der Waals surface area contributed by atoms with Crippen LogP contribution in [0.4, 0.5) is 0 Å². The Labute approximate surface area is 175 Å². The van der Waals surface area contributed by atoms with Crippen LogP contribution in [0.25, 0.3) is 5.76 Å². The number of hydrogen-bond acceptors (Lipinski definition) is 6. The number of nitrogens with zero attached hydrogens (tertiary/aromatic N) is 1. The second-order valence-electron chi connectivity index (χ2n) is 7.11. The fourth-order valence-corrected chi connectivity index (χ4v) is 3.67. The highest BCUT2D eigenvalue weighted by Gasteiger charge is 2.45. The zero-order chi connectivity index (χ0) is 21.8. The van der Waals surface area contributed by atoms with E-state index in [-0.39, 0.29) is 17.1 Å². The lowest BCUT2D eigenvalue weighted by molar-refractivity contribution is -0.140. The van der Waals surface area contributed by atoms with Crippen molar-refractivity contribution in [2.45, 2.75) is 19.4 Å². The second-order valence-corrected chi connectivity index (χ2v) is 7.11. The predicted molar refractivity (Wildman–Crippen MR) is 111 cm³/mol. The Morgan fingerprint density at radius 3 is 2.40 bits per heavy atom. The van der Waals surface area contributed by atoms with Crippen LogP contribution >= 0.6 is 0 Å². The van der Waals surface area contributed by atoms with Crippen LogP contribution in [0.2, 0.25) is 0 Å². The number of methoxy groups -OCH3 is 2. The number of ether oxygens (including phenoxy) is 2. The van der Waals surface area contributed by atoms with Gasteiger partial charge in [-0.1, -0.05) is 12.1 Å². The molecule has 0 spiro atoms. The second kappa shape index (κ2) is 9.00. The molecule has 1 heterocycles. The third-order valence-corrected chi connectivity index (χ3v) is 5.16. The van der Waals surface area contributed by atoms with E-state index in [1.165, 1.54) is 17.0 Å². The Hall–Kier alpha value is -3.32. The normalized spacial score (nSPS) is 18.1. The highest BCUT2D eigenvalue weighted by molar-refractivity contribution is 6.46. The van der Waals surface area contributed by atoms with Crippen LogP contribution in [0.3, 0.4) is 0 Å². The van der Waals surface area contributed by atoms with E-state index in [9.17, 15) is 19.8 Å². The van der Waals surface area contributed by atoms with Gasteiger partial charge in [0, 0.05) is 25.8 Å². The van der Waals surface area contributed by atoms with Crippen molar-refractivity contribution in [2.24, 2.45) is 0 Å². The Balaban J connectivity index is 2.12. The van der Waals surface area contributed by atoms with Gasteiger partial charge in [-0.15, -0.1) is 0 Å². The van der Waals surface area contributed by atoms with Crippen LogP contribution in [-0.2, 0) is 14.3 Å². The lowest BCUT2D eigenvalue weighted by Gasteiger charge is -2.25. The molecule has 0 saturated carbocycles. The Kier molecular flexibility index (Phi) is 6.42. The molecule has 1 saturated heterocycles. The summed E-state index contributed by atoms with van der Waals surface area (Å²) in [7, 11) is 3.12. The zero-order valence-electron chi connectivity index (χ0n) is 17.2. The summed E-state index contributed by atoms with van der Waals surface area (Å²) in [5, 5.41) is 20.7. The number of phenols is 1. The lowest BCUT2D eigenvalue weighted by atomic mass is 9.94. The quantitative estimate of drug-likeness (QED) is 0.314. The number of aromatic hydroxyl groups is 1. The number of ketones is 1. The molecule has 7 nitrogen and oxygen atoms in total. The number of benzene rings is 2. The fraction of sp³-hybridized carbons (Fsp3) is 0.304. The van der Waals surface area contributed by atoms with Crippen LogP contribution in [0.5, 0.6) is 11.5 Å². The first kappa shape index (κ1) is 21.4. The minimum Gasteiger partial charge on any atom is -0.508 e. The molecule has 3 rings (SSSR count). The molecule has 30 heavy (non-hydrogen) atoms. The van der Waals surface area contributed by atoms with Gasteiger partial charge in [0.15, 0.2) is 0 Å². The number of rotatable bonds is 7. The van der Waals surface area contributed by atoms with Gasteiger partial charge in [0.1, 0.15) is 17.3 Å². The summed E-state index contributed by atoms with van der Waals surface area (Å²) in [5.74, 6) is -0.929. The van der Waals surface area contributed by atoms with Crippen LogP contribution in [0, 0.1) is 6.92 Å². The number of aliphatic hydroxyl groups is 1. The highest BCUT2D eigenvalue weighted by atomic mass is 16.5. The standard InChI is InChI=1S/C23H25NO6/c1-14-13-16(7-10-18(14)30-3)21(26)19-20(15-5-8-17(25)9-6-15)24(11-4-12-29-2)23(28)22(19)27/h5-10,13,20,25-26H,4,11-12H2,1-3H3/b21-19+/t20-/m0/s1. The van der Waals surface area contributed by atoms with Crippen molar-refractivity contribution in [1.29, 1.82) is 0 Å². The molecule has 0 unspecified atom stereocenters. The fourth-order valence-electron chi connectivity index (χ4n) is 3.67. The third kappa shape index (κ3) is 4.02. The number of phenolic OH excluding ortho intramolecular Hbond substituents is 1. The van der Waals surface area contributed by atoms with Gasteiger partial charge in [-0.2, -0.15) is 0 Å². The average Bonchev–Trinajstić information content (AvgIpc) is 2.99. The lowest BCUT2D eigenvalue weighted by Crippen LogP contribution is -2.31. The molecular formula is C23H25NO6. The largest absolute Gasteiger partial charge is 0.508 e. The maximum atomic E-state index is 12.9. The molecule has 1 aliphatic rings. The molecule has 1 fully saturated rings. The number of likely N-dealkylation sites (tertiary alicyclic amines) is 1. The molecule has 158 valence electrons. The van der Waals surface area contributed by atoms with Crippen LogP contribution in [0.15, 0.2) is 48.0 Å². The van der Waals surface area contributed by atoms with Crippen molar-refractivity contribution >= 4 is 17.4 Å². The van der Waals surface area contributed by atoms with Crippen molar-refractivity contribution in [3.63, 3.8) is 0 Å². The van der Waals surface area contributed by atoms with Crippen LogP contribution < -0.4 is 4.74 Å². The molecule has 0 aromatic heterocycles. The van der Waals surface area contributed by atoms with Crippen LogP contribution in [-0.4, -0.2) is 54.2 Å². The molecule has 1 amide bonds. The Morgan fingerprint density at radius 1 is 1.10 bits per heavy atom. The SMILES string of the molecule is COCCCN1C(=O)C(=O)/C(=C(/O)c2ccc(OC)c(C)c2)[C@@H]1c1ccc(O)cc1. The van der Waals surface area contributed by atoms with E-state index < -0.39 is 17.7 Å². The van der Waals surface area contributed by atoms with E-state index in [0.717, 1.165) is 5.56 Å². The summed E-state index contributed by atoms with van der Waals surface area (Å²) < 4.78 is 10.3. The first-order chi connectivity index (χ1) is 14.4. The molecule has 7 heteroatoms. The van der Waals surface area contributed by atoms with Gasteiger partial charge in [-0.3, -0.25) is 9.59 Å². The van der Waals surface area contributed by atoms with E-state index in [4.69, 9.17) is 9.47 Å². The molecule has 0 radical (unpaired) electrons. The summed E-state index contributed by atoms with van der Waals surface area (Å²) in [6.45, 7) is 2.56. The maximum Gasteiger partial charge on any atom is 0.295 e. The topological polar surface area (TPSA) is 96.3 Å². The van der Waals surface area contributed by atoms with Crippen molar-refractivity contribution in [3.05, 3.63) is 64.7 Å². The molecule has 2 N–H and O–H groups in total. The van der Waals surface area contributed by atoms with Crippen molar-refractivity contribution < 1.29 is 29.3 Å². The van der Waals surface area contributed by atoms with Crippen molar-refractivity contribution in [2.75, 3.05) is 27.4 Å². The van der Waals surface area contributed by atoms with E-state index >= 15 is 0 Å². The van der Waals surface area contributed by atoms with E-state index in [2.05, 4.69) is 0 Å². The first-order valence-electron chi connectivity index (χ1n) is 9.60. The smallest absolute Gasteiger partial charge is 0.295 e. The molecule has 2 aromatic rings. The molecule has 1 atom stereocenters. The molecule has 0 aliphatic carbocycles. The Morgan fingerprint density at radius 2 is 1.80 bits per heavy atom. The Bertz CT molecular complexity index is 980. The van der Waals surface area contributed by atoms with Crippen molar-refractivity contribution in [3.8, 4) is 11.5 Å². The number of aryl methyl sites for hydroxylation is 1.